The van der Waals surface area contributed by atoms with Crippen LogP contribution in [-0.2, 0) is 4.79 Å². The molecule has 0 radical (unpaired) electrons. The number of methoxy groups -OCH3 is 1. The minimum atomic E-state index is -0.979. The molecule has 1 atom stereocenters. The maximum Gasteiger partial charge on any atom is 0.328 e. The van der Waals surface area contributed by atoms with Crippen molar-refractivity contribution >= 4 is 23.6 Å². The predicted molar refractivity (Wildman–Crippen MR) is 161 cm³/mol. The fourth-order valence-electron chi connectivity index (χ4n) is 4.74. The van der Waals surface area contributed by atoms with Crippen molar-refractivity contribution in [1.82, 2.24) is 9.80 Å². The van der Waals surface area contributed by atoms with Crippen molar-refractivity contribution in [1.29, 1.82) is 0 Å². The van der Waals surface area contributed by atoms with E-state index in [-0.39, 0.29) is 6.04 Å². The number of piperazine rings is 1. The summed E-state index contributed by atoms with van der Waals surface area (Å²) in [5, 5.41) is 9.43. The Morgan fingerprint density at radius 2 is 1.65 bits per heavy atom. The summed E-state index contributed by atoms with van der Waals surface area (Å²) >= 11 is 6.16. The Bertz CT molecular complexity index is 1310. The average Bonchev–Trinajstić information content (AvgIpc) is 2.98. The summed E-state index contributed by atoms with van der Waals surface area (Å²) in [7, 11) is 1.60. The highest BCUT2D eigenvalue weighted by Gasteiger charge is 2.26. The number of nitrogens with zero attached hydrogens (tertiary/aromatic N) is 2. The summed E-state index contributed by atoms with van der Waals surface area (Å²) in [6.07, 6.45) is 10.2. The molecular formula is C33H35ClN2O4. The molecule has 208 valence electrons. The number of ether oxygens (including phenoxy) is 2. The highest BCUT2D eigenvalue weighted by Crippen LogP contribution is 2.31. The third-order valence-corrected chi connectivity index (χ3v) is 7.02. The average molecular weight is 559 g/mol. The van der Waals surface area contributed by atoms with Crippen LogP contribution in [0, 0.1) is 0 Å². The number of hydrogen-bond donors (Lipinski definition) is 1. The van der Waals surface area contributed by atoms with Gasteiger partial charge in [0, 0.05) is 43.8 Å². The fourth-order valence-corrected chi connectivity index (χ4v) is 4.87. The highest BCUT2D eigenvalue weighted by atomic mass is 35.5. The zero-order valence-corrected chi connectivity index (χ0v) is 23.4. The molecular weight excluding hydrogens is 524 g/mol. The summed E-state index contributed by atoms with van der Waals surface area (Å²) in [5.41, 5.74) is 3.44. The Morgan fingerprint density at radius 1 is 0.925 bits per heavy atom. The quantitative estimate of drug-likeness (QED) is 0.159. The van der Waals surface area contributed by atoms with Crippen LogP contribution in [-0.4, -0.2) is 67.3 Å². The van der Waals surface area contributed by atoms with Gasteiger partial charge in [0.1, 0.15) is 6.61 Å². The van der Waals surface area contributed by atoms with Crippen molar-refractivity contribution in [2.24, 2.45) is 0 Å². The summed E-state index contributed by atoms with van der Waals surface area (Å²) in [6.45, 7) is 5.27. The molecule has 1 fully saturated rings. The van der Waals surface area contributed by atoms with Crippen LogP contribution in [0.5, 0.6) is 11.5 Å². The molecule has 40 heavy (non-hydrogen) atoms. The molecule has 0 saturated carbocycles. The molecule has 0 aromatic heterocycles. The molecule has 4 rings (SSSR count). The first-order valence-corrected chi connectivity index (χ1v) is 13.7. The van der Waals surface area contributed by atoms with Crippen LogP contribution >= 0.6 is 11.6 Å². The van der Waals surface area contributed by atoms with Crippen LogP contribution in [0.25, 0.3) is 6.08 Å². The van der Waals surface area contributed by atoms with Crippen LogP contribution in [0.15, 0.2) is 103 Å². The fraction of sp³-hybridized carbons (Fsp3) is 0.242. The van der Waals surface area contributed by atoms with Gasteiger partial charge in [-0.25, -0.2) is 4.79 Å². The van der Waals surface area contributed by atoms with E-state index in [9.17, 15) is 4.79 Å². The molecule has 1 heterocycles. The summed E-state index contributed by atoms with van der Waals surface area (Å²) in [5.74, 6) is 0.308. The van der Waals surface area contributed by atoms with Crippen LogP contribution in [0.4, 0.5) is 0 Å². The molecule has 1 aliphatic heterocycles. The standard InChI is InChI=1S/C33H35ClN2O4/c1-39-31-25-26(9-5-6-12-32(37)38)13-18-30(31)40-24-8-7-19-35-20-22-36(23-21-35)33(27-10-3-2-4-11-27)28-14-16-29(34)17-15-28/h2-18,25,33H,19-24H2,1H3,(H,37,38). The lowest BCUT2D eigenvalue weighted by Crippen LogP contribution is -2.47. The first-order valence-electron chi connectivity index (χ1n) is 13.3. The SMILES string of the molecule is COc1cc(C=CC=CC(=O)O)ccc1OCC=CCN1CCN(C(c2ccccc2)c2ccc(Cl)cc2)CC1. The Balaban J connectivity index is 1.26. The van der Waals surface area contributed by atoms with E-state index in [0.717, 1.165) is 49.4 Å². The van der Waals surface area contributed by atoms with Crippen LogP contribution < -0.4 is 9.47 Å². The monoisotopic (exact) mass is 558 g/mol. The van der Waals surface area contributed by atoms with E-state index in [0.29, 0.717) is 18.1 Å². The van der Waals surface area contributed by atoms with Crippen molar-refractivity contribution < 1.29 is 19.4 Å². The number of halogens is 1. The van der Waals surface area contributed by atoms with E-state index < -0.39 is 5.97 Å². The second-order valence-corrected chi connectivity index (χ2v) is 9.89. The second kappa shape index (κ2) is 15.1. The Kier molecular flexibility index (Phi) is 11.0. The molecule has 3 aromatic carbocycles. The van der Waals surface area contributed by atoms with E-state index in [1.165, 1.54) is 17.2 Å². The van der Waals surface area contributed by atoms with E-state index in [4.69, 9.17) is 26.2 Å². The molecule has 7 heteroatoms. The van der Waals surface area contributed by atoms with Crippen molar-refractivity contribution in [3.05, 3.63) is 125 Å². The highest BCUT2D eigenvalue weighted by molar-refractivity contribution is 6.30. The lowest BCUT2D eigenvalue weighted by Gasteiger charge is -2.39. The molecule has 1 unspecified atom stereocenters. The Morgan fingerprint density at radius 3 is 2.35 bits per heavy atom. The van der Waals surface area contributed by atoms with E-state index in [1.807, 2.05) is 42.5 Å². The normalized spacial score (nSPS) is 15.7. The lowest BCUT2D eigenvalue weighted by molar-refractivity contribution is -0.131. The minimum Gasteiger partial charge on any atom is -0.493 e. The zero-order chi connectivity index (χ0) is 28.2. The van der Waals surface area contributed by atoms with Crippen molar-refractivity contribution in [2.45, 2.75) is 6.04 Å². The van der Waals surface area contributed by atoms with Gasteiger partial charge in [-0.15, -0.1) is 0 Å². The van der Waals surface area contributed by atoms with Gasteiger partial charge in [-0.2, -0.15) is 0 Å². The molecule has 1 aliphatic rings. The van der Waals surface area contributed by atoms with Gasteiger partial charge in [-0.05, 0) is 41.0 Å². The number of benzene rings is 3. The summed E-state index contributed by atoms with van der Waals surface area (Å²) < 4.78 is 11.4. The largest absolute Gasteiger partial charge is 0.493 e. The molecule has 1 saturated heterocycles. The van der Waals surface area contributed by atoms with E-state index >= 15 is 0 Å². The van der Waals surface area contributed by atoms with Gasteiger partial charge in [-0.1, -0.05) is 90.5 Å². The smallest absolute Gasteiger partial charge is 0.328 e. The van der Waals surface area contributed by atoms with Gasteiger partial charge in [0.25, 0.3) is 0 Å². The van der Waals surface area contributed by atoms with Crippen LogP contribution in [0.1, 0.15) is 22.7 Å². The first-order chi connectivity index (χ1) is 19.5. The maximum atomic E-state index is 10.6. The third-order valence-electron chi connectivity index (χ3n) is 6.76. The number of allylic oxidation sites excluding steroid dienone is 2. The summed E-state index contributed by atoms with van der Waals surface area (Å²) in [6, 6.07) is 24.7. The minimum absolute atomic E-state index is 0.211. The van der Waals surface area contributed by atoms with Gasteiger partial charge in [-0.3, -0.25) is 9.80 Å². The number of rotatable bonds is 12. The number of carbonyl (C=O) groups is 1. The number of aliphatic carboxylic acids is 1. The van der Waals surface area contributed by atoms with Crippen LogP contribution in [0.2, 0.25) is 5.02 Å². The van der Waals surface area contributed by atoms with Crippen molar-refractivity contribution in [3.8, 4) is 11.5 Å². The van der Waals surface area contributed by atoms with Gasteiger partial charge in [0.15, 0.2) is 11.5 Å². The Hall–Kier alpha value is -3.84. The van der Waals surface area contributed by atoms with Gasteiger partial charge in [0.2, 0.25) is 0 Å². The number of carboxylic acid groups (broad SMARTS) is 1. The van der Waals surface area contributed by atoms with Crippen molar-refractivity contribution in [2.75, 3.05) is 46.4 Å². The number of hydrogen-bond acceptors (Lipinski definition) is 5. The maximum absolute atomic E-state index is 10.6. The predicted octanol–water partition coefficient (Wildman–Crippen LogP) is 6.34. The molecule has 6 nitrogen and oxygen atoms in total. The molecule has 0 bridgehead atoms. The van der Waals surface area contributed by atoms with Gasteiger partial charge >= 0.3 is 5.97 Å². The van der Waals surface area contributed by atoms with Crippen molar-refractivity contribution in [3.63, 3.8) is 0 Å². The second-order valence-electron chi connectivity index (χ2n) is 9.45. The third kappa shape index (κ3) is 8.58. The topological polar surface area (TPSA) is 62.2 Å². The molecule has 0 amide bonds. The van der Waals surface area contributed by atoms with Gasteiger partial charge < -0.3 is 14.6 Å². The Labute approximate surface area is 241 Å². The molecule has 1 N–H and O–H groups in total. The zero-order valence-electron chi connectivity index (χ0n) is 22.7. The van der Waals surface area contributed by atoms with Gasteiger partial charge in [0.05, 0.1) is 13.2 Å². The van der Waals surface area contributed by atoms with Crippen LogP contribution in [0.3, 0.4) is 0 Å². The molecule has 0 aliphatic carbocycles. The van der Waals surface area contributed by atoms with E-state index in [1.54, 1.807) is 13.2 Å². The number of carboxylic acids is 1. The summed E-state index contributed by atoms with van der Waals surface area (Å²) in [4.78, 5) is 15.6. The lowest BCUT2D eigenvalue weighted by atomic mass is 9.96. The van der Waals surface area contributed by atoms with E-state index in [2.05, 4.69) is 58.3 Å². The molecule has 3 aromatic rings. The first kappa shape index (κ1) is 29.2. The molecule has 0 spiro atoms.